The van der Waals surface area contributed by atoms with Crippen LogP contribution in [-0.2, 0) is 22.6 Å². The minimum Gasteiger partial charge on any atom is -0.497 e. The zero-order valence-electron chi connectivity index (χ0n) is 45.0. The molecule has 3 aliphatic heterocycles. The van der Waals surface area contributed by atoms with E-state index in [0.29, 0.717) is 39.2 Å². The van der Waals surface area contributed by atoms with Crippen molar-refractivity contribution in [1.82, 2.24) is 24.8 Å². The molecule has 6 aromatic rings. The number of carbonyl (C=O) groups excluding carboxylic acids is 2. The minimum atomic E-state index is -1.04. The van der Waals surface area contributed by atoms with Crippen LogP contribution >= 0.6 is 22.6 Å². The average Bonchev–Trinajstić information content (AvgIpc) is 4.00. The number of anilines is 3. The highest BCUT2D eigenvalue weighted by Crippen LogP contribution is 2.46. The first-order valence-electron chi connectivity index (χ1n) is 25.6. The number of ether oxygens (including phenoxy) is 6. The Balaban J connectivity index is 1.20. The Kier molecular flexibility index (Phi) is 15.7. The van der Waals surface area contributed by atoms with Gasteiger partial charge < -0.3 is 38.2 Å². The predicted octanol–water partition coefficient (Wildman–Crippen LogP) is 12.1. The summed E-state index contributed by atoms with van der Waals surface area (Å²) in [6.45, 7) is 15.3. The molecule has 20 heteroatoms. The zero-order chi connectivity index (χ0) is 55.1. The minimum absolute atomic E-state index is 0.0241. The summed E-state index contributed by atoms with van der Waals surface area (Å²) in [5.41, 5.74) is -0.362. The molecule has 0 aliphatic carbocycles. The molecule has 0 N–H and O–H groups in total. The predicted molar refractivity (Wildman–Crippen MR) is 295 cm³/mol. The molecule has 2 fully saturated rings. The fourth-order valence-electron chi connectivity index (χ4n) is 10.3. The maximum Gasteiger partial charge on any atom is 0.425 e. The zero-order valence-corrected chi connectivity index (χ0v) is 47.2. The highest BCUT2D eigenvalue weighted by molar-refractivity contribution is 14.1. The summed E-state index contributed by atoms with van der Waals surface area (Å²) < 4.78 is 87.0. The Labute approximate surface area is 460 Å². The molecule has 9 rings (SSSR count). The Morgan fingerprint density at radius 3 is 2.10 bits per heavy atom. The van der Waals surface area contributed by atoms with Crippen molar-refractivity contribution >= 4 is 63.0 Å². The van der Waals surface area contributed by atoms with Crippen molar-refractivity contribution in [2.24, 2.45) is 0 Å². The fraction of sp³-hybridized carbons (Fsp3) is 0.439. The van der Waals surface area contributed by atoms with Crippen molar-refractivity contribution in [3.63, 3.8) is 0 Å². The number of rotatable bonds is 14. The van der Waals surface area contributed by atoms with Gasteiger partial charge in [-0.2, -0.15) is 14.9 Å². The number of halogens is 4. The summed E-state index contributed by atoms with van der Waals surface area (Å²) in [4.78, 5) is 53.7. The summed E-state index contributed by atoms with van der Waals surface area (Å²) >= 11 is 2.03. The topological polar surface area (TPSA) is 154 Å². The van der Waals surface area contributed by atoms with Crippen LogP contribution in [0.4, 0.5) is 40.1 Å². The second-order valence-electron chi connectivity index (χ2n) is 21.7. The average molecular weight is 1170 g/mol. The van der Waals surface area contributed by atoms with Crippen LogP contribution in [0.5, 0.6) is 23.4 Å². The first-order valence-corrected chi connectivity index (χ1v) is 26.7. The van der Waals surface area contributed by atoms with Gasteiger partial charge >= 0.3 is 18.2 Å². The molecule has 3 aliphatic rings. The molecule has 3 aromatic heterocycles. The normalized spacial score (nSPS) is 17.8. The van der Waals surface area contributed by atoms with Crippen molar-refractivity contribution in [2.45, 2.75) is 117 Å². The van der Waals surface area contributed by atoms with E-state index in [0.717, 1.165) is 22.4 Å². The quantitative estimate of drug-likeness (QED) is 0.0950. The number of aryl methyl sites for hydroxylation is 1. The summed E-state index contributed by atoms with van der Waals surface area (Å²) in [7, 11) is 3.18. The van der Waals surface area contributed by atoms with Crippen molar-refractivity contribution in [1.29, 1.82) is 0 Å². The number of hydrogen-bond donors (Lipinski definition) is 0. The van der Waals surface area contributed by atoms with Crippen LogP contribution in [0.1, 0.15) is 96.0 Å². The summed E-state index contributed by atoms with van der Waals surface area (Å²) in [5, 5.41) is 0.0683. The van der Waals surface area contributed by atoms with Gasteiger partial charge in [-0.15, -0.1) is 0 Å². The molecule has 0 bridgehead atoms. The Morgan fingerprint density at radius 1 is 0.883 bits per heavy atom. The molecule has 0 spiro atoms. The summed E-state index contributed by atoms with van der Waals surface area (Å²) in [5.74, 6) is -0.347. The number of pyridine rings is 2. The second-order valence-corrected chi connectivity index (χ2v) is 22.8. The summed E-state index contributed by atoms with van der Waals surface area (Å²) in [6, 6.07) is 19.1. The van der Waals surface area contributed by atoms with Crippen LogP contribution < -0.4 is 33.6 Å². The van der Waals surface area contributed by atoms with Gasteiger partial charge in [0, 0.05) is 41.4 Å². The lowest BCUT2D eigenvalue weighted by Crippen LogP contribution is -2.45. The molecule has 0 radical (unpaired) electrons. The highest BCUT2D eigenvalue weighted by atomic mass is 127. The number of amides is 2. The molecule has 2 saturated heterocycles. The van der Waals surface area contributed by atoms with E-state index < -0.39 is 52.8 Å². The van der Waals surface area contributed by atoms with Gasteiger partial charge in [-0.25, -0.2) is 32.7 Å². The van der Waals surface area contributed by atoms with E-state index in [1.165, 1.54) is 6.20 Å². The van der Waals surface area contributed by atoms with Gasteiger partial charge in [-0.1, -0.05) is 30.3 Å². The molecular formula is C57H64F3IN8O8. The number of carbonyl (C=O) groups is 2. The number of benzene rings is 3. The molecule has 0 unspecified atom stereocenters. The molecular weight excluding hydrogens is 1110 g/mol. The van der Waals surface area contributed by atoms with Gasteiger partial charge in [-0.05, 0) is 150 Å². The van der Waals surface area contributed by atoms with E-state index in [1.807, 2.05) is 89.9 Å². The molecule has 16 nitrogen and oxygen atoms in total. The molecule has 3 aromatic carbocycles. The van der Waals surface area contributed by atoms with E-state index >= 15 is 13.2 Å². The monoisotopic (exact) mass is 1170 g/mol. The lowest BCUT2D eigenvalue weighted by molar-refractivity contribution is 0.0428. The van der Waals surface area contributed by atoms with Gasteiger partial charge in [-0.3, -0.25) is 4.90 Å². The SMILES string of the molecule is COc1ccc(CN(Cc2ccc(OC)cc2)c2cc(C)c(I)c(-c3nc4c5c(nc(OC[C@@]67CCCN6C[C@H](F)C7)nc5c3F)N([C@H](C)c3cccnc3N(C(=O)OC(C)(C)C)C(=O)OC(C)(C)C)CCO4)c2F)cc1. The number of aromatic nitrogens is 4. The maximum atomic E-state index is 18.3. The Bertz CT molecular complexity index is 3100. The van der Waals surface area contributed by atoms with Crippen LogP contribution in [0.2, 0.25) is 0 Å². The molecule has 2 amide bonds. The third kappa shape index (κ3) is 11.6. The number of hydrogen-bond acceptors (Lipinski definition) is 15. The smallest absolute Gasteiger partial charge is 0.425 e. The van der Waals surface area contributed by atoms with Crippen LogP contribution in [0, 0.1) is 22.1 Å². The van der Waals surface area contributed by atoms with Crippen LogP contribution in [0.3, 0.4) is 0 Å². The largest absolute Gasteiger partial charge is 0.497 e. The van der Waals surface area contributed by atoms with Crippen molar-refractivity contribution in [3.8, 4) is 34.6 Å². The van der Waals surface area contributed by atoms with E-state index in [4.69, 9.17) is 43.4 Å². The number of nitrogens with zero attached hydrogens (tertiary/aromatic N) is 8. The molecule has 6 heterocycles. The first kappa shape index (κ1) is 55.1. The van der Waals surface area contributed by atoms with E-state index in [1.54, 1.807) is 78.9 Å². The molecule has 3 atom stereocenters. The van der Waals surface area contributed by atoms with Gasteiger partial charge in [0.25, 0.3) is 0 Å². The van der Waals surface area contributed by atoms with Crippen LogP contribution in [0.25, 0.3) is 22.2 Å². The van der Waals surface area contributed by atoms with Gasteiger partial charge in [0.15, 0.2) is 17.5 Å². The Hall–Kier alpha value is -6.68. The summed E-state index contributed by atoms with van der Waals surface area (Å²) in [6.07, 6.45) is 0.161. The highest BCUT2D eigenvalue weighted by Gasteiger charge is 2.50. The third-order valence-electron chi connectivity index (χ3n) is 13.9. The van der Waals surface area contributed by atoms with Gasteiger partial charge in [0.2, 0.25) is 5.88 Å². The number of fused-ring (bicyclic) bond motifs is 1. The van der Waals surface area contributed by atoms with E-state index in [9.17, 15) is 9.59 Å². The lowest BCUT2D eigenvalue weighted by atomic mass is 9.95. The van der Waals surface area contributed by atoms with Crippen molar-refractivity contribution < 1.29 is 51.2 Å². The second kappa shape index (κ2) is 22.0. The molecule has 0 saturated carbocycles. The standard InChI is InChI=1S/C57H64F3IN8O8/c1-33-27-41(66(29-35-14-18-38(72-9)19-15-35)30-36-16-20-39(73-10)21-17-36)44(59)42(46(33)61)47-45(60)48-43-50(65-52(64-48)75-32-57-22-12-24-67(57)31-37(58)28-57)68(25-26-74-51(43)63-47)34(2)40-13-11-23-62-49(40)69(53(70)76-55(3,4)5)54(71)77-56(6,7)8/h11,13-21,23,27,34,37H,12,22,24-26,28-32H2,1-10H3/t34-,37-,57+/m1/s1. The van der Waals surface area contributed by atoms with Crippen molar-refractivity contribution in [2.75, 3.05) is 61.8 Å². The molecule has 77 heavy (non-hydrogen) atoms. The van der Waals surface area contributed by atoms with Gasteiger partial charge in [0.1, 0.15) is 64.5 Å². The fourth-order valence-corrected chi connectivity index (χ4v) is 10.9. The molecule has 408 valence electrons. The van der Waals surface area contributed by atoms with Crippen LogP contribution in [0.15, 0.2) is 72.9 Å². The number of imide groups is 1. The van der Waals surface area contributed by atoms with Crippen LogP contribution in [-0.4, -0.2) is 107 Å². The number of methoxy groups -OCH3 is 2. The van der Waals surface area contributed by atoms with E-state index in [-0.39, 0.29) is 97.2 Å². The first-order chi connectivity index (χ1) is 36.6. The Morgan fingerprint density at radius 2 is 1.51 bits per heavy atom. The maximum absolute atomic E-state index is 18.3. The van der Waals surface area contributed by atoms with E-state index in [2.05, 4.69) is 9.88 Å². The number of alkyl halides is 1. The van der Waals surface area contributed by atoms with Crippen molar-refractivity contribution in [3.05, 3.63) is 110 Å². The van der Waals surface area contributed by atoms with Gasteiger partial charge in [0.05, 0.1) is 43.6 Å². The third-order valence-corrected chi connectivity index (χ3v) is 15.3. The lowest BCUT2D eigenvalue weighted by Gasteiger charge is -2.33.